The summed E-state index contributed by atoms with van der Waals surface area (Å²) in [6.07, 6.45) is 2.11. The van der Waals surface area contributed by atoms with E-state index in [1.54, 1.807) is 4.90 Å². The van der Waals surface area contributed by atoms with Crippen LogP contribution in [0, 0.1) is 6.92 Å². The highest BCUT2D eigenvalue weighted by Crippen LogP contribution is 2.37. The van der Waals surface area contributed by atoms with Crippen molar-refractivity contribution >= 4 is 28.4 Å². The Bertz CT molecular complexity index is 1300. The van der Waals surface area contributed by atoms with Crippen LogP contribution in [0.15, 0.2) is 42.5 Å². The number of carbonyl (C=O) groups excluding carboxylic acids is 2. The number of fused-ring (bicyclic) bond motifs is 2. The van der Waals surface area contributed by atoms with Crippen molar-refractivity contribution < 1.29 is 9.59 Å². The normalized spacial score (nSPS) is 16.8. The Hall–Kier alpha value is -3.65. The Labute approximate surface area is 198 Å². The lowest BCUT2D eigenvalue weighted by atomic mass is 9.94. The zero-order valence-electron chi connectivity index (χ0n) is 19.6. The summed E-state index contributed by atoms with van der Waals surface area (Å²) in [5, 5.41) is 12.1. The number of amides is 2. The van der Waals surface area contributed by atoms with Gasteiger partial charge in [-0.15, -0.1) is 0 Å². The fourth-order valence-electron chi connectivity index (χ4n) is 4.94. The molecule has 0 radical (unpaired) electrons. The highest BCUT2D eigenvalue weighted by atomic mass is 16.2. The SMILES string of the molecule is C=C(CN1Cc2c(cc(NC3CCN(C)CC3)cc2-c2ccc3[nH]nc(C)c3c2)C1=O)C(N)=O. The van der Waals surface area contributed by atoms with Gasteiger partial charge in [0.25, 0.3) is 5.91 Å². The average Bonchev–Trinajstić information content (AvgIpc) is 3.34. The lowest BCUT2D eigenvalue weighted by Crippen LogP contribution is -2.36. The summed E-state index contributed by atoms with van der Waals surface area (Å²) >= 11 is 0. The number of piperidine rings is 1. The molecule has 8 heteroatoms. The van der Waals surface area contributed by atoms with E-state index < -0.39 is 5.91 Å². The fourth-order valence-corrected chi connectivity index (χ4v) is 4.94. The van der Waals surface area contributed by atoms with Crippen molar-refractivity contribution in [3.05, 3.63) is 59.3 Å². The molecule has 2 aromatic carbocycles. The van der Waals surface area contributed by atoms with Crippen LogP contribution in [0.3, 0.4) is 0 Å². The number of nitrogens with one attached hydrogen (secondary N) is 2. The molecule has 1 aromatic heterocycles. The van der Waals surface area contributed by atoms with Crippen molar-refractivity contribution in [2.45, 2.75) is 32.4 Å². The molecule has 2 aliphatic heterocycles. The van der Waals surface area contributed by atoms with E-state index in [1.165, 1.54) is 0 Å². The van der Waals surface area contributed by atoms with Crippen LogP contribution in [-0.4, -0.2) is 64.5 Å². The molecule has 0 aliphatic carbocycles. The summed E-state index contributed by atoms with van der Waals surface area (Å²) in [5.74, 6) is -0.694. The van der Waals surface area contributed by atoms with Crippen LogP contribution in [-0.2, 0) is 11.3 Å². The molecule has 3 aromatic rings. The molecule has 34 heavy (non-hydrogen) atoms. The molecule has 5 rings (SSSR count). The minimum atomic E-state index is -0.588. The van der Waals surface area contributed by atoms with Crippen LogP contribution in [0.5, 0.6) is 0 Å². The van der Waals surface area contributed by atoms with Gasteiger partial charge >= 0.3 is 0 Å². The summed E-state index contributed by atoms with van der Waals surface area (Å²) in [4.78, 5) is 28.9. The lowest BCUT2D eigenvalue weighted by Gasteiger charge is -2.30. The average molecular weight is 459 g/mol. The molecule has 176 valence electrons. The molecule has 1 saturated heterocycles. The lowest BCUT2D eigenvalue weighted by molar-refractivity contribution is -0.114. The van der Waals surface area contributed by atoms with E-state index in [-0.39, 0.29) is 18.0 Å². The molecule has 3 heterocycles. The number of benzene rings is 2. The van der Waals surface area contributed by atoms with E-state index in [9.17, 15) is 9.59 Å². The monoisotopic (exact) mass is 458 g/mol. The largest absolute Gasteiger partial charge is 0.382 e. The number of anilines is 1. The molecular weight excluding hydrogens is 428 g/mol. The van der Waals surface area contributed by atoms with Gasteiger partial charge in [-0.1, -0.05) is 12.6 Å². The Morgan fingerprint density at radius 3 is 2.71 bits per heavy atom. The number of aromatic amines is 1. The van der Waals surface area contributed by atoms with Crippen LogP contribution < -0.4 is 11.1 Å². The molecule has 2 aliphatic rings. The van der Waals surface area contributed by atoms with Gasteiger partial charge < -0.3 is 20.9 Å². The second-order valence-corrected chi connectivity index (χ2v) is 9.47. The molecule has 0 spiro atoms. The third-order valence-corrected chi connectivity index (χ3v) is 7.00. The quantitative estimate of drug-likeness (QED) is 0.492. The van der Waals surface area contributed by atoms with Gasteiger partial charge in [-0.3, -0.25) is 14.7 Å². The molecule has 1 fully saturated rings. The van der Waals surface area contributed by atoms with Crippen molar-refractivity contribution in [1.82, 2.24) is 20.0 Å². The summed E-state index contributed by atoms with van der Waals surface area (Å²) in [5.41, 5.74) is 12.1. The molecule has 2 amide bonds. The zero-order chi connectivity index (χ0) is 24.0. The molecule has 0 saturated carbocycles. The number of rotatable bonds is 6. The number of likely N-dealkylation sites (tertiary alicyclic amines) is 1. The number of hydrogen-bond donors (Lipinski definition) is 3. The number of aryl methyl sites for hydroxylation is 1. The van der Waals surface area contributed by atoms with Crippen molar-refractivity contribution in [3.63, 3.8) is 0 Å². The van der Waals surface area contributed by atoms with E-state index in [2.05, 4.69) is 52.2 Å². The Morgan fingerprint density at radius 1 is 1.24 bits per heavy atom. The molecular formula is C26H30N6O2. The Kier molecular flexibility index (Phi) is 5.61. The maximum absolute atomic E-state index is 13.3. The smallest absolute Gasteiger partial charge is 0.254 e. The first-order chi connectivity index (χ1) is 16.3. The van der Waals surface area contributed by atoms with Gasteiger partial charge in [-0.25, -0.2) is 0 Å². The maximum atomic E-state index is 13.3. The van der Waals surface area contributed by atoms with E-state index in [4.69, 9.17) is 5.73 Å². The number of carbonyl (C=O) groups is 2. The minimum Gasteiger partial charge on any atom is -0.382 e. The third-order valence-electron chi connectivity index (χ3n) is 7.00. The van der Waals surface area contributed by atoms with Crippen molar-refractivity contribution in [2.75, 3.05) is 32.0 Å². The Morgan fingerprint density at radius 2 is 1.97 bits per heavy atom. The van der Waals surface area contributed by atoms with Gasteiger partial charge in [0.1, 0.15) is 0 Å². The molecule has 0 atom stereocenters. The predicted octanol–water partition coefficient (Wildman–Crippen LogP) is 3.04. The van der Waals surface area contributed by atoms with Crippen molar-refractivity contribution in [1.29, 1.82) is 0 Å². The summed E-state index contributed by atoms with van der Waals surface area (Å²) < 4.78 is 0. The number of nitrogens with zero attached hydrogens (tertiary/aromatic N) is 3. The molecule has 8 nitrogen and oxygen atoms in total. The molecule has 4 N–H and O–H groups in total. The van der Waals surface area contributed by atoms with Crippen LogP contribution in [0.1, 0.15) is 34.5 Å². The van der Waals surface area contributed by atoms with Crippen LogP contribution in [0.25, 0.3) is 22.0 Å². The van der Waals surface area contributed by atoms with Gasteiger partial charge in [0.15, 0.2) is 0 Å². The van der Waals surface area contributed by atoms with E-state index in [0.29, 0.717) is 18.2 Å². The maximum Gasteiger partial charge on any atom is 0.254 e. The van der Waals surface area contributed by atoms with E-state index in [1.807, 2.05) is 19.1 Å². The second kappa shape index (κ2) is 8.61. The van der Waals surface area contributed by atoms with Crippen LogP contribution in [0.2, 0.25) is 0 Å². The van der Waals surface area contributed by atoms with Crippen LogP contribution >= 0.6 is 0 Å². The zero-order valence-corrected chi connectivity index (χ0v) is 19.6. The van der Waals surface area contributed by atoms with Crippen molar-refractivity contribution in [3.8, 4) is 11.1 Å². The number of aromatic nitrogens is 2. The van der Waals surface area contributed by atoms with Crippen molar-refractivity contribution in [2.24, 2.45) is 5.73 Å². The summed E-state index contributed by atoms with van der Waals surface area (Å²) in [6, 6.07) is 10.7. The fraction of sp³-hybridized carbons (Fsp3) is 0.346. The highest BCUT2D eigenvalue weighted by Gasteiger charge is 2.32. The highest BCUT2D eigenvalue weighted by molar-refractivity contribution is 6.03. The standard InChI is InChI=1S/C26H30N6O2/c1-15(25(27)33)13-32-14-23-21(17-4-5-24-20(10-17)16(2)29-30-24)11-19(12-22(23)26(32)34)28-18-6-8-31(3)9-7-18/h4-5,10-12,18,28H,1,6-9,13-14H2,2-3H3,(H2,27,33)(H,29,30). The van der Waals surface area contributed by atoms with E-state index in [0.717, 1.165) is 64.9 Å². The molecule has 0 unspecified atom stereocenters. The van der Waals surface area contributed by atoms with E-state index >= 15 is 0 Å². The summed E-state index contributed by atoms with van der Waals surface area (Å²) in [6.45, 7) is 8.35. The van der Waals surface area contributed by atoms with Gasteiger partial charge in [0.05, 0.1) is 17.8 Å². The van der Waals surface area contributed by atoms with Gasteiger partial charge in [-0.2, -0.15) is 5.10 Å². The molecule has 0 bridgehead atoms. The first-order valence-corrected chi connectivity index (χ1v) is 11.6. The number of primary amides is 1. The minimum absolute atomic E-state index is 0.105. The number of hydrogen-bond acceptors (Lipinski definition) is 5. The Balaban J connectivity index is 1.55. The van der Waals surface area contributed by atoms with Gasteiger partial charge in [-0.05, 0) is 80.9 Å². The third kappa shape index (κ3) is 4.05. The topological polar surface area (TPSA) is 107 Å². The first-order valence-electron chi connectivity index (χ1n) is 11.6. The number of nitrogens with two attached hydrogens (primary N) is 1. The van der Waals surface area contributed by atoms with Crippen LogP contribution in [0.4, 0.5) is 5.69 Å². The summed E-state index contributed by atoms with van der Waals surface area (Å²) in [7, 11) is 2.14. The first kappa shape index (κ1) is 22.2. The van der Waals surface area contributed by atoms with Gasteiger partial charge in [0, 0.05) is 34.8 Å². The predicted molar refractivity (Wildman–Crippen MR) is 133 cm³/mol. The number of H-pyrrole nitrogens is 1. The second-order valence-electron chi connectivity index (χ2n) is 9.47. The van der Waals surface area contributed by atoms with Gasteiger partial charge in [0.2, 0.25) is 5.91 Å².